The highest BCUT2D eigenvalue weighted by Gasteiger charge is 2.13. The number of aromatic hydroxyl groups is 1. The van der Waals surface area contributed by atoms with Gasteiger partial charge in [0.05, 0.1) is 36.3 Å². The Morgan fingerprint density at radius 1 is 1.11 bits per heavy atom. The highest BCUT2D eigenvalue weighted by atomic mass is 16.5. The largest absolute Gasteiger partial charge is 0.493 e. The molecule has 0 atom stereocenters. The lowest BCUT2D eigenvalue weighted by atomic mass is 10.1. The van der Waals surface area contributed by atoms with Crippen LogP contribution in [0.4, 0.5) is 0 Å². The van der Waals surface area contributed by atoms with E-state index in [1.54, 1.807) is 48.5 Å². The van der Waals surface area contributed by atoms with Crippen LogP contribution in [0.3, 0.4) is 0 Å². The molecule has 0 amide bonds. The molecule has 0 radical (unpaired) electrons. The summed E-state index contributed by atoms with van der Waals surface area (Å²) in [4.78, 5) is 23.9. The lowest BCUT2D eigenvalue weighted by Gasteiger charge is -2.05. The molecule has 1 aromatic heterocycles. The number of benzene rings is 2. The predicted octanol–water partition coefficient (Wildman–Crippen LogP) is 2.31. The van der Waals surface area contributed by atoms with Crippen LogP contribution in [-0.2, 0) is 16.0 Å². The first-order valence-corrected chi connectivity index (χ1v) is 8.23. The average Bonchev–Trinajstić information content (AvgIpc) is 3.00. The van der Waals surface area contributed by atoms with E-state index < -0.39 is 5.69 Å². The zero-order valence-electron chi connectivity index (χ0n) is 14.6. The zero-order valence-corrected chi connectivity index (χ0v) is 14.6. The molecule has 0 aliphatic carbocycles. The van der Waals surface area contributed by atoms with Gasteiger partial charge in [-0.15, -0.1) is 0 Å². The summed E-state index contributed by atoms with van der Waals surface area (Å²) in [6, 6.07) is 15.5. The van der Waals surface area contributed by atoms with Crippen LogP contribution >= 0.6 is 0 Å². The molecule has 0 aliphatic heterocycles. The van der Waals surface area contributed by atoms with Crippen molar-refractivity contribution in [3.63, 3.8) is 0 Å². The third kappa shape index (κ3) is 3.75. The third-order valence-electron chi connectivity index (χ3n) is 4.19. The van der Waals surface area contributed by atoms with E-state index in [2.05, 4.69) is 4.74 Å². The van der Waals surface area contributed by atoms with Gasteiger partial charge in [-0.05, 0) is 48.4 Å². The third-order valence-corrected chi connectivity index (χ3v) is 4.19. The molecule has 1 heterocycles. The maximum atomic E-state index is 12.7. The Morgan fingerprint density at radius 2 is 1.74 bits per heavy atom. The second-order valence-corrected chi connectivity index (χ2v) is 5.88. The second-order valence-electron chi connectivity index (χ2n) is 5.88. The van der Waals surface area contributed by atoms with Gasteiger partial charge < -0.3 is 9.84 Å². The molecule has 0 spiro atoms. The van der Waals surface area contributed by atoms with Crippen LogP contribution in [0.5, 0.6) is 5.88 Å². The number of nitriles is 1. The van der Waals surface area contributed by atoms with Gasteiger partial charge >= 0.3 is 11.7 Å². The number of nitrogens with zero attached hydrogens (tertiary/aromatic N) is 3. The molecule has 7 heteroatoms. The number of methoxy groups -OCH3 is 1. The Balaban J connectivity index is 1.89. The Morgan fingerprint density at radius 3 is 2.33 bits per heavy atom. The molecule has 3 rings (SSSR count). The van der Waals surface area contributed by atoms with Crippen LogP contribution in [0.1, 0.15) is 17.5 Å². The fraction of sp³-hybridized carbons (Fsp3) is 0.150. The summed E-state index contributed by atoms with van der Waals surface area (Å²) in [7, 11) is 1.35. The van der Waals surface area contributed by atoms with Gasteiger partial charge in [0.2, 0.25) is 5.88 Å². The van der Waals surface area contributed by atoms with Crippen molar-refractivity contribution < 1.29 is 14.6 Å². The van der Waals surface area contributed by atoms with E-state index in [1.807, 2.05) is 6.07 Å². The maximum absolute atomic E-state index is 12.7. The van der Waals surface area contributed by atoms with Gasteiger partial charge in [-0.2, -0.15) is 5.26 Å². The Bertz CT molecular complexity index is 1050. The minimum Gasteiger partial charge on any atom is -0.493 e. The van der Waals surface area contributed by atoms with Crippen LogP contribution < -0.4 is 5.69 Å². The van der Waals surface area contributed by atoms with E-state index in [0.717, 1.165) is 5.56 Å². The minimum atomic E-state index is -0.431. The first kappa shape index (κ1) is 18.0. The molecule has 0 saturated carbocycles. The van der Waals surface area contributed by atoms with Gasteiger partial charge in [0.15, 0.2) is 0 Å². The number of rotatable bonds is 5. The topological polar surface area (TPSA) is 97.2 Å². The number of hydrogen-bond acceptors (Lipinski definition) is 5. The standard InChI is InChI=1S/C20H17N3O4/c1-27-19(25)11-6-14-2-9-17(10-3-14)23-18(24)13-22(20(23)26)16-7-4-15(12-21)5-8-16/h2-5,7-10,13,24H,6,11H2,1H3. The van der Waals surface area contributed by atoms with Crippen molar-refractivity contribution in [3.05, 3.63) is 76.3 Å². The highest BCUT2D eigenvalue weighted by Crippen LogP contribution is 2.18. The summed E-state index contributed by atoms with van der Waals surface area (Å²) < 4.78 is 7.11. The van der Waals surface area contributed by atoms with E-state index >= 15 is 0 Å². The fourth-order valence-corrected chi connectivity index (χ4v) is 2.72. The Hall–Kier alpha value is -3.79. The molecule has 0 unspecified atom stereocenters. The van der Waals surface area contributed by atoms with E-state index in [4.69, 9.17) is 5.26 Å². The van der Waals surface area contributed by atoms with Crippen LogP contribution in [0, 0.1) is 11.3 Å². The first-order chi connectivity index (χ1) is 13.0. The smallest absolute Gasteiger partial charge is 0.340 e. The average molecular weight is 363 g/mol. The fourth-order valence-electron chi connectivity index (χ4n) is 2.72. The van der Waals surface area contributed by atoms with E-state index in [1.165, 1.54) is 22.4 Å². The van der Waals surface area contributed by atoms with E-state index in [-0.39, 0.29) is 18.3 Å². The van der Waals surface area contributed by atoms with Crippen molar-refractivity contribution in [2.75, 3.05) is 7.11 Å². The van der Waals surface area contributed by atoms with Crippen LogP contribution in [0.25, 0.3) is 11.4 Å². The van der Waals surface area contributed by atoms with Crippen LogP contribution in [-0.4, -0.2) is 27.3 Å². The first-order valence-electron chi connectivity index (χ1n) is 8.23. The summed E-state index contributed by atoms with van der Waals surface area (Å²) in [5.74, 6) is -0.487. The summed E-state index contributed by atoms with van der Waals surface area (Å²) >= 11 is 0. The molecule has 1 N–H and O–H groups in total. The quantitative estimate of drug-likeness (QED) is 0.702. The number of aryl methyl sites for hydroxylation is 1. The number of imidazole rings is 1. The molecule has 0 saturated heterocycles. The molecule has 7 nitrogen and oxygen atoms in total. The molecule has 2 aromatic carbocycles. The van der Waals surface area contributed by atoms with Crippen molar-refractivity contribution in [1.29, 1.82) is 5.26 Å². The van der Waals surface area contributed by atoms with Crippen LogP contribution in [0.15, 0.2) is 59.5 Å². The van der Waals surface area contributed by atoms with Gasteiger partial charge in [-0.1, -0.05) is 12.1 Å². The maximum Gasteiger partial charge on any atom is 0.340 e. The lowest BCUT2D eigenvalue weighted by molar-refractivity contribution is -0.140. The van der Waals surface area contributed by atoms with Gasteiger partial charge in [-0.25, -0.2) is 9.36 Å². The summed E-state index contributed by atoms with van der Waals surface area (Å²) in [6.45, 7) is 0. The SMILES string of the molecule is COC(=O)CCc1ccc(-n2c(O)cn(-c3ccc(C#N)cc3)c2=O)cc1. The minimum absolute atomic E-state index is 0.202. The van der Waals surface area contributed by atoms with Crippen molar-refractivity contribution in [2.24, 2.45) is 0 Å². The summed E-state index contributed by atoms with van der Waals surface area (Å²) in [5, 5.41) is 19.1. The molecule has 136 valence electrons. The normalized spacial score (nSPS) is 10.4. The number of hydrogen-bond donors (Lipinski definition) is 1. The van der Waals surface area contributed by atoms with Gasteiger partial charge in [0.25, 0.3) is 0 Å². The van der Waals surface area contributed by atoms with Crippen molar-refractivity contribution in [1.82, 2.24) is 9.13 Å². The van der Waals surface area contributed by atoms with Crippen LogP contribution in [0.2, 0.25) is 0 Å². The molecule has 3 aromatic rings. The number of ether oxygens (including phenoxy) is 1. The molecule has 27 heavy (non-hydrogen) atoms. The number of esters is 1. The zero-order chi connectivity index (χ0) is 19.4. The predicted molar refractivity (Wildman–Crippen MR) is 98.1 cm³/mol. The van der Waals surface area contributed by atoms with Gasteiger partial charge in [0.1, 0.15) is 0 Å². The molecule has 0 aliphatic rings. The molecular weight excluding hydrogens is 346 g/mol. The van der Waals surface area contributed by atoms with E-state index in [0.29, 0.717) is 23.4 Å². The number of carbonyl (C=O) groups is 1. The van der Waals surface area contributed by atoms with Gasteiger partial charge in [-0.3, -0.25) is 9.36 Å². The monoisotopic (exact) mass is 363 g/mol. The molecule has 0 fully saturated rings. The van der Waals surface area contributed by atoms with Crippen molar-refractivity contribution in [2.45, 2.75) is 12.8 Å². The number of carbonyl (C=O) groups excluding carboxylic acids is 1. The lowest BCUT2D eigenvalue weighted by Crippen LogP contribution is -2.21. The summed E-state index contributed by atoms with van der Waals surface area (Å²) in [5.41, 5.74) is 2.02. The summed E-state index contributed by atoms with van der Waals surface area (Å²) in [6.07, 6.45) is 2.13. The Labute approximate surface area is 155 Å². The molecule has 0 bridgehead atoms. The second kappa shape index (κ2) is 7.62. The van der Waals surface area contributed by atoms with Crippen molar-refractivity contribution >= 4 is 5.97 Å². The highest BCUT2D eigenvalue weighted by molar-refractivity contribution is 5.69. The number of aromatic nitrogens is 2. The van der Waals surface area contributed by atoms with Crippen molar-refractivity contribution in [3.8, 4) is 23.3 Å². The van der Waals surface area contributed by atoms with E-state index in [9.17, 15) is 14.7 Å². The molecular formula is C20H17N3O4. The Kier molecular flexibility index (Phi) is 5.08. The van der Waals surface area contributed by atoms with Gasteiger partial charge in [0, 0.05) is 6.42 Å².